The summed E-state index contributed by atoms with van der Waals surface area (Å²) in [7, 11) is 0. The molecular weight excluding hydrogens is 175 g/mol. The zero-order valence-electron chi connectivity index (χ0n) is 6.83. The Hall–Kier alpha value is -0.540. The summed E-state index contributed by atoms with van der Waals surface area (Å²) >= 11 is 1.51. The van der Waals surface area contributed by atoms with E-state index in [-0.39, 0.29) is 0 Å². The Kier molecular flexibility index (Phi) is 3.56. The van der Waals surface area contributed by atoms with Crippen molar-refractivity contribution in [2.75, 3.05) is 12.9 Å². The Bertz CT molecular complexity index is 252. The van der Waals surface area contributed by atoms with Crippen molar-refractivity contribution in [2.45, 2.75) is 11.0 Å². The fourth-order valence-electron chi connectivity index (χ4n) is 1.02. The maximum atomic E-state index is 12.1. The van der Waals surface area contributed by atoms with Crippen molar-refractivity contribution in [1.82, 2.24) is 0 Å². The van der Waals surface area contributed by atoms with E-state index in [1.54, 1.807) is 12.1 Å². The maximum Gasteiger partial charge on any atom is 0.120 e. The average molecular weight is 186 g/mol. The van der Waals surface area contributed by atoms with Crippen LogP contribution in [-0.4, -0.2) is 18.0 Å². The predicted octanol–water partition coefficient (Wildman–Crippen LogP) is 2.41. The number of benzene rings is 1. The quantitative estimate of drug-likeness (QED) is 0.731. The molecule has 0 amide bonds. The number of thioether (sulfide) groups is 1. The van der Waals surface area contributed by atoms with Crippen LogP contribution in [0.2, 0.25) is 0 Å². The Morgan fingerprint density at radius 2 is 2.17 bits per heavy atom. The first-order valence-corrected chi connectivity index (χ1v) is 4.89. The van der Waals surface area contributed by atoms with Crippen molar-refractivity contribution in [1.29, 1.82) is 0 Å². The molecule has 0 saturated carbocycles. The van der Waals surface area contributed by atoms with E-state index in [4.69, 9.17) is 0 Å². The molecule has 0 aromatic heterocycles. The predicted molar refractivity (Wildman–Crippen MR) is 49.2 cm³/mol. The minimum absolute atomic E-state index is 0.674. The second-order valence-electron chi connectivity index (χ2n) is 2.41. The molecule has 1 nitrogen and oxygen atoms in total. The molecule has 1 atom stereocenters. The van der Waals surface area contributed by atoms with E-state index in [1.165, 1.54) is 11.8 Å². The van der Waals surface area contributed by atoms with Crippen molar-refractivity contribution in [3.63, 3.8) is 0 Å². The molecule has 1 unspecified atom stereocenters. The van der Waals surface area contributed by atoms with Crippen LogP contribution in [0.5, 0.6) is 0 Å². The van der Waals surface area contributed by atoms with Gasteiger partial charge in [0.1, 0.15) is 12.8 Å². The minimum Gasteiger partial charge on any atom is -0.386 e. The first kappa shape index (κ1) is 9.55. The highest BCUT2D eigenvalue weighted by molar-refractivity contribution is 7.98. The molecule has 1 N–H and O–H groups in total. The molecule has 1 rings (SSSR count). The fourth-order valence-corrected chi connectivity index (χ4v) is 1.68. The molecule has 12 heavy (non-hydrogen) atoms. The van der Waals surface area contributed by atoms with Gasteiger partial charge in [0.15, 0.2) is 0 Å². The highest BCUT2D eigenvalue weighted by Crippen LogP contribution is 2.25. The monoisotopic (exact) mass is 186 g/mol. The summed E-state index contributed by atoms with van der Waals surface area (Å²) in [6.07, 6.45) is 0.928. The Morgan fingerprint density at radius 3 is 2.75 bits per heavy atom. The topological polar surface area (TPSA) is 20.2 Å². The van der Waals surface area contributed by atoms with Crippen molar-refractivity contribution in [2.24, 2.45) is 0 Å². The SMILES string of the molecule is CSc1ccccc1C(O)CF. The Balaban J connectivity index is 2.96. The molecule has 0 saturated heterocycles. The van der Waals surface area contributed by atoms with Crippen LogP contribution < -0.4 is 0 Å². The molecule has 1 aromatic carbocycles. The fraction of sp³-hybridized carbons (Fsp3) is 0.333. The van der Waals surface area contributed by atoms with E-state index in [2.05, 4.69) is 0 Å². The van der Waals surface area contributed by atoms with Crippen LogP contribution in [0.4, 0.5) is 4.39 Å². The van der Waals surface area contributed by atoms with Crippen LogP contribution in [0.1, 0.15) is 11.7 Å². The van der Waals surface area contributed by atoms with Crippen LogP contribution in [0.25, 0.3) is 0 Å². The molecule has 0 spiro atoms. The van der Waals surface area contributed by atoms with Gasteiger partial charge in [-0.2, -0.15) is 0 Å². The molecule has 1 aromatic rings. The van der Waals surface area contributed by atoms with E-state index < -0.39 is 12.8 Å². The van der Waals surface area contributed by atoms with E-state index in [0.717, 1.165) is 4.90 Å². The first-order chi connectivity index (χ1) is 5.79. The standard InChI is InChI=1S/C9H11FOS/c1-12-9-5-3-2-4-7(9)8(11)6-10/h2-5,8,11H,6H2,1H3. The zero-order chi connectivity index (χ0) is 8.97. The molecule has 0 aliphatic rings. The smallest absolute Gasteiger partial charge is 0.120 e. The molecule has 0 radical (unpaired) electrons. The van der Waals surface area contributed by atoms with Gasteiger partial charge in [0.25, 0.3) is 0 Å². The van der Waals surface area contributed by atoms with Crippen molar-refractivity contribution < 1.29 is 9.50 Å². The molecule has 0 heterocycles. The van der Waals surface area contributed by atoms with Crippen LogP contribution in [0, 0.1) is 0 Å². The molecule has 3 heteroatoms. The van der Waals surface area contributed by atoms with Crippen molar-refractivity contribution >= 4 is 11.8 Å². The number of hydrogen-bond donors (Lipinski definition) is 1. The Morgan fingerprint density at radius 1 is 1.50 bits per heavy atom. The van der Waals surface area contributed by atoms with Crippen LogP contribution >= 0.6 is 11.8 Å². The number of aliphatic hydroxyl groups is 1. The average Bonchev–Trinajstić information content (AvgIpc) is 2.16. The molecule has 66 valence electrons. The number of halogens is 1. The summed E-state index contributed by atoms with van der Waals surface area (Å²) < 4.78 is 12.1. The third-order valence-corrected chi connectivity index (χ3v) is 2.46. The summed E-state index contributed by atoms with van der Waals surface area (Å²) in [6.45, 7) is -0.725. The van der Waals surface area contributed by atoms with E-state index in [9.17, 15) is 9.50 Å². The van der Waals surface area contributed by atoms with Gasteiger partial charge in [-0.05, 0) is 17.9 Å². The summed E-state index contributed by atoms with van der Waals surface area (Å²) in [5.74, 6) is 0. The van der Waals surface area contributed by atoms with Gasteiger partial charge >= 0.3 is 0 Å². The number of rotatable bonds is 3. The second kappa shape index (κ2) is 4.48. The lowest BCUT2D eigenvalue weighted by atomic mass is 10.1. The second-order valence-corrected chi connectivity index (χ2v) is 3.26. The first-order valence-electron chi connectivity index (χ1n) is 3.66. The summed E-state index contributed by atoms with van der Waals surface area (Å²) in [6, 6.07) is 7.29. The van der Waals surface area contributed by atoms with Gasteiger partial charge < -0.3 is 5.11 Å². The zero-order valence-corrected chi connectivity index (χ0v) is 7.64. The lowest BCUT2D eigenvalue weighted by molar-refractivity contribution is 0.139. The number of hydrogen-bond acceptors (Lipinski definition) is 2. The lowest BCUT2D eigenvalue weighted by Crippen LogP contribution is -2.00. The lowest BCUT2D eigenvalue weighted by Gasteiger charge is -2.10. The van der Waals surface area contributed by atoms with Gasteiger partial charge in [-0.3, -0.25) is 0 Å². The Labute approximate surface area is 75.6 Å². The van der Waals surface area contributed by atoms with Gasteiger partial charge in [-0.1, -0.05) is 18.2 Å². The third kappa shape index (κ3) is 1.99. The van der Waals surface area contributed by atoms with E-state index in [1.807, 2.05) is 18.4 Å². The largest absolute Gasteiger partial charge is 0.386 e. The number of aliphatic hydroxyl groups excluding tert-OH is 1. The van der Waals surface area contributed by atoms with Crippen molar-refractivity contribution in [3.05, 3.63) is 29.8 Å². The van der Waals surface area contributed by atoms with Gasteiger partial charge in [0.2, 0.25) is 0 Å². The summed E-state index contributed by atoms with van der Waals surface area (Å²) in [5.41, 5.74) is 0.674. The highest BCUT2D eigenvalue weighted by Gasteiger charge is 2.09. The number of alkyl halides is 1. The van der Waals surface area contributed by atoms with Crippen LogP contribution in [-0.2, 0) is 0 Å². The molecule has 0 aliphatic heterocycles. The molecule has 0 aliphatic carbocycles. The van der Waals surface area contributed by atoms with E-state index in [0.29, 0.717) is 5.56 Å². The van der Waals surface area contributed by atoms with Gasteiger partial charge in [-0.15, -0.1) is 11.8 Å². The van der Waals surface area contributed by atoms with Crippen LogP contribution in [0.15, 0.2) is 29.2 Å². The minimum atomic E-state index is -0.978. The van der Waals surface area contributed by atoms with Gasteiger partial charge in [-0.25, -0.2) is 4.39 Å². The van der Waals surface area contributed by atoms with Crippen LogP contribution in [0.3, 0.4) is 0 Å². The van der Waals surface area contributed by atoms with Crippen molar-refractivity contribution in [3.8, 4) is 0 Å². The molecule has 0 bridgehead atoms. The summed E-state index contributed by atoms with van der Waals surface area (Å²) in [4.78, 5) is 0.933. The van der Waals surface area contributed by atoms with Gasteiger partial charge in [0, 0.05) is 4.90 Å². The maximum absolute atomic E-state index is 12.1. The molecular formula is C9H11FOS. The highest BCUT2D eigenvalue weighted by atomic mass is 32.2. The van der Waals surface area contributed by atoms with E-state index >= 15 is 0 Å². The third-order valence-electron chi connectivity index (χ3n) is 1.64. The van der Waals surface area contributed by atoms with Gasteiger partial charge in [0.05, 0.1) is 0 Å². The summed E-state index contributed by atoms with van der Waals surface area (Å²) in [5, 5.41) is 9.25. The normalized spacial score (nSPS) is 12.9. The molecule has 0 fully saturated rings.